The minimum Gasteiger partial charge on any atom is -0.465 e. The van der Waals surface area contributed by atoms with Crippen LogP contribution in [0.5, 0.6) is 0 Å². The maximum Gasteiger partial charge on any atom is 0.309 e. The highest BCUT2D eigenvalue weighted by atomic mass is 35.5. The van der Waals surface area contributed by atoms with Crippen LogP contribution in [0.4, 0.5) is 0 Å². The molecule has 0 aromatic heterocycles. The van der Waals surface area contributed by atoms with Crippen LogP contribution in [0.15, 0.2) is 10.6 Å². The molecular formula is C12H19Cl3O2. The molecule has 17 heavy (non-hydrogen) atoms. The summed E-state index contributed by atoms with van der Waals surface area (Å²) in [5.41, 5.74) is -0.485. The maximum absolute atomic E-state index is 11.8. The average Bonchev–Trinajstić information content (AvgIpc) is 2.23. The highest BCUT2D eigenvalue weighted by molar-refractivity contribution is 6.56. The van der Waals surface area contributed by atoms with Crippen LogP contribution in [-0.4, -0.2) is 18.0 Å². The molecule has 0 radical (unpaired) electrons. The van der Waals surface area contributed by atoms with Gasteiger partial charge < -0.3 is 4.74 Å². The van der Waals surface area contributed by atoms with E-state index in [1.807, 2.05) is 20.8 Å². The first-order valence-corrected chi connectivity index (χ1v) is 6.76. The Morgan fingerprint density at radius 2 is 1.94 bits per heavy atom. The van der Waals surface area contributed by atoms with E-state index < -0.39 is 10.8 Å². The summed E-state index contributed by atoms with van der Waals surface area (Å²) in [6.07, 6.45) is 2.32. The number of hydrogen-bond acceptors (Lipinski definition) is 2. The maximum atomic E-state index is 11.8. The molecule has 0 fully saturated rings. The van der Waals surface area contributed by atoms with Gasteiger partial charge in [-0.3, -0.25) is 4.79 Å². The number of hydrogen-bond donors (Lipinski definition) is 0. The van der Waals surface area contributed by atoms with Gasteiger partial charge in [0.05, 0.1) is 17.9 Å². The molecule has 0 bridgehead atoms. The van der Waals surface area contributed by atoms with Crippen molar-refractivity contribution in [2.75, 3.05) is 6.61 Å². The molecule has 0 aromatic carbocycles. The molecule has 0 N–H and O–H groups in total. The van der Waals surface area contributed by atoms with Gasteiger partial charge in [-0.2, -0.15) is 0 Å². The minimum atomic E-state index is -0.485. The summed E-state index contributed by atoms with van der Waals surface area (Å²) in [4.78, 5) is 11.8. The standard InChI is InChI=1S/C12H19Cl3O2/c1-5-6-17-11(16)8(2)12(3,4)9(13)7-10(14)15/h7-9H,5-6H2,1-4H3. The monoisotopic (exact) mass is 300 g/mol. The van der Waals surface area contributed by atoms with E-state index >= 15 is 0 Å². The van der Waals surface area contributed by atoms with Crippen molar-refractivity contribution in [2.24, 2.45) is 11.3 Å². The van der Waals surface area contributed by atoms with Gasteiger partial charge in [-0.15, -0.1) is 11.6 Å². The second kappa shape index (κ2) is 7.50. The molecule has 0 aliphatic rings. The van der Waals surface area contributed by atoms with Crippen LogP contribution in [0.3, 0.4) is 0 Å². The highest BCUT2D eigenvalue weighted by Crippen LogP contribution is 2.36. The predicted molar refractivity (Wildman–Crippen MR) is 73.6 cm³/mol. The summed E-state index contributed by atoms with van der Waals surface area (Å²) in [7, 11) is 0. The zero-order chi connectivity index (χ0) is 13.6. The minimum absolute atomic E-state index is 0.104. The van der Waals surface area contributed by atoms with Crippen molar-refractivity contribution in [3.63, 3.8) is 0 Å². The molecule has 0 aromatic rings. The first-order valence-electron chi connectivity index (χ1n) is 5.57. The number of alkyl halides is 1. The van der Waals surface area contributed by atoms with Gasteiger partial charge in [-0.05, 0) is 17.9 Å². The molecule has 5 heteroatoms. The van der Waals surface area contributed by atoms with E-state index in [-0.39, 0.29) is 16.4 Å². The van der Waals surface area contributed by atoms with E-state index in [0.717, 1.165) is 6.42 Å². The van der Waals surface area contributed by atoms with Crippen LogP contribution in [0.1, 0.15) is 34.1 Å². The zero-order valence-electron chi connectivity index (χ0n) is 10.6. The lowest BCUT2D eigenvalue weighted by atomic mass is 9.77. The fraction of sp³-hybridized carbons (Fsp3) is 0.750. The summed E-state index contributed by atoms with van der Waals surface area (Å²) < 4.78 is 5.21. The molecule has 2 unspecified atom stereocenters. The first kappa shape index (κ1) is 17.1. The van der Waals surface area contributed by atoms with Crippen molar-refractivity contribution < 1.29 is 9.53 Å². The van der Waals surface area contributed by atoms with Crippen LogP contribution in [0.25, 0.3) is 0 Å². The van der Waals surface area contributed by atoms with Gasteiger partial charge in [-0.25, -0.2) is 0 Å². The van der Waals surface area contributed by atoms with Crippen LogP contribution >= 0.6 is 34.8 Å². The van der Waals surface area contributed by atoms with Gasteiger partial charge in [0, 0.05) is 0 Å². The fourth-order valence-electron chi connectivity index (χ4n) is 1.20. The van der Waals surface area contributed by atoms with Crippen LogP contribution in [0.2, 0.25) is 0 Å². The lowest BCUT2D eigenvalue weighted by Crippen LogP contribution is -2.36. The summed E-state index contributed by atoms with van der Waals surface area (Å²) >= 11 is 17.3. The number of allylic oxidation sites excluding steroid dienone is 1. The summed E-state index contributed by atoms with van der Waals surface area (Å²) in [6.45, 7) is 7.94. The van der Waals surface area contributed by atoms with Crippen molar-refractivity contribution >= 4 is 40.8 Å². The molecule has 0 spiro atoms. The third kappa shape index (κ3) is 5.50. The molecule has 0 aliphatic heterocycles. The number of esters is 1. The van der Waals surface area contributed by atoms with E-state index in [0.29, 0.717) is 6.61 Å². The Balaban J connectivity index is 4.68. The molecular weight excluding hydrogens is 282 g/mol. The Morgan fingerprint density at radius 1 is 1.41 bits per heavy atom. The average molecular weight is 302 g/mol. The van der Waals surface area contributed by atoms with E-state index in [9.17, 15) is 4.79 Å². The quantitative estimate of drug-likeness (QED) is 0.532. The molecule has 0 rings (SSSR count). The first-order chi connectivity index (χ1) is 7.73. The van der Waals surface area contributed by atoms with Gasteiger partial charge in [-0.1, -0.05) is 50.9 Å². The van der Waals surface area contributed by atoms with Gasteiger partial charge in [0.2, 0.25) is 0 Å². The summed E-state index contributed by atoms with van der Waals surface area (Å²) in [6, 6.07) is 0. The van der Waals surface area contributed by atoms with Crippen molar-refractivity contribution in [3.8, 4) is 0 Å². The highest BCUT2D eigenvalue weighted by Gasteiger charge is 2.37. The van der Waals surface area contributed by atoms with E-state index in [1.54, 1.807) is 6.92 Å². The normalized spacial score (nSPS) is 15.0. The Kier molecular flexibility index (Phi) is 7.54. The molecule has 0 amide bonds. The molecule has 100 valence electrons. The van der Waals surface area contributed by atoms with Crippen molar-refractivity contribution in [2.45, 2.75) is 39.5 Å². The Hall–Kier alpha value is 0.0800. The number of carbonyl (C=O) groups is 1. The second-order valence-electron chi connectivity index (χ2n) is 4.57. The molecule has 0 saturated carbocycles. The molecule has 0 saturated heterocycles. The van der Waals surface area contributed by atoms with Crippen molar-refractivity contribution in [3.05, 3.63) is 10.6 Å². The number of ether oxygens (including phenoxy) is 1. The molecule has 0 aliphatic carbocycles. The number of rotatable bonds is 6. The largest absolute Gasteiger partial charge is 0.465 e. The van der Waals surface area contributed by atoms with Gasteiger partial charge in [0.15, 0.2) is 0 Å². The van der Waals surface area contributed by atoms with Crippen LogP contribution in [0, 0.1) is 11.3 Å². The number of halogens is 3. The van der Waals surface area contributed by atoms with Crippen LogP contribution < -0.4 is 0 Å². The predicted octanol–water partition coefficient (Wildman–Crippen LogP) is 4.53. The molecule has 2 nitrogen and oxygen atoms in total. The topological polar surface area (TPSA) is 26.3 Å². The van der Waals surface area contributed by atoms with E-state index in [2.05, 4.69) is 0 Å². The summed E-state index contributed by atoms with van der Waals surface area (Å²) in [5, 5.41) is -0.434. The third-order valence-corrected chi connectivity index (χ3v) is 3.84. The smallest absolute Gasteiger partial charge is 0.309 e. The van der Waals surface area contributed by atoms with Gasteiger partial charge in [0.25, 0.3) is 0 Å². The lowest BCUT2D eigenvalue weighted by molar-refractivity contribution is -0.151. The van der Waals surface area contributed by atoms with E-state index in [4.69, 9.17) is 39.5 Å². The molecule has 0 heterocycles. The molecule has 2 atom stereocenters. The van der Waals surface area contributed by atoms with Crippen molar-refractivity contribution in [1.29, 1.82) is 0 Å². The lowest BCUT2D eigenvalue weighted by Gasteiger charge is -2.33. The Bertz CT molecular complexity index is 283. The van der Waals surface area contributed by atoms with Crippen LogP contribution in [-0.2, 0) is 9.53 Å². The number of carbonyl (C=O) groups excluding carboxylic acids is 1. The Labute approximate surface area is 118 Å². The second-order valence-corrected chi connectivity index (χ2v) is 6.05. The van der Waals surface area contributed by atoms with Gasteiger partial charge in [0.1, 0.15) is 4.49 Å². The zero-order valence-corrected chi connectivity index (χ0v) is 12.9. The Morgan fingerprint density at radius 3 is 2.35 bits per heavy atom. The SMILES string of the molecule is CCCOC(=O)C(C)C(C)(C)C(Cl)C=C(Cl)Cl. The fourth-order valence-corrected chi connectivity index (χ4v) is 1.89. The van der Waals surface area contributed by atoms with E-state index in [1.165, 1.54) is 6.08 Å². The van der Waals surface area contributed by atoms with Gasteiger partial charge >= 0.3 is 5.97 Å². The van der Waals surface area contributed by atoms with Crippen molar-refractivity contribution in [1.82, 2.24) is 0 Å². The summed E-state index contributed by atoms with van der Waals surface area (Å²) in [5.74, 6) is -0.581. The third-order valence-electron chi connectivity index (χ3n) is 2.90.